The largest absolute Gasteiger partial charge is 0.506 e. The number of phenolic OH excluding ortho intramolecular Hbond substituents is 1. The first-order valence-corrected chi connectivity index (χ1v) is 12.5. The molecule has 1 unspecified atom stereocenters. The second-order valence-corrected chi connectivity index (χ2v) is 10.5. The van der Waals surface area contributed by atoms with E-state index in [1.165, 1.54) is 24.3 Å². The van der Waals surface area contributed by atoms with Crippen molar-refractivity contribution in [2.75, 3.05) is 10.6 Å². The number of anilines is 2. The fraction of sp³-hybridized carbons (Fsp3) is 0.167. The van der Waals surface area contributed by atoms with Gasteiger partial charge in [-0.1, -0.05) is 54.4 Å². The second kappa shape index (κ2) is 10.5. The third kappa shape index (κ3) is 5.52. The Balaban J connectivity index is 1.82. The van der Waals surface area contributed by atoms with E-state index in [2.05, 4.69) is 10.6 Å². The van der Waals surface area contributed by atoms with Gasteiger partial charge in [0.05, 0.1) is 31.9 Å². The minimum atomic E-state index is -3.96. The normalized spacial score (nSPS) is 12.1. The quantitative estimate of drug-likeness (QED) is 0.358. The van der Waals surface area contributed by atoms with Crippen molar-refractivity contribution in [2.24, 2.45) is 0 Å². The molecule has 0 heterocycles. The predicted octanol–water partition coefficient (Wildman–Crippen LogP) is 5.45. The van der Waals surface area contributed by atoms with Gasteiger partial charge in [-0.15, -0.1) is 0 Å². The van der Waals surface area contributed by atoms with E-state index >= 15 is 0 Å². The van der Waals surface area contributed by atoms with Crippen LogP contribution in [0.2, 0.25) is 10.0 Å². The zero-order valence-electron chi connectivity index (χ0n) is 18.3. The van der Waals surface area contributed by atoms with Crippen molar-refractivity contribution in [2.45, 2.75) is 30.4 Å². The zero-order chi connectivity index (χ0) is 25.0. The number of nitrogens with one attached hydrogen (secondary N) is 2. The van der Waals surface area contributed by atoms with Crippen LogP contribution in [0.4, 0.5) is 11.4 Å². The van der Waals surface area contributed by atoms with Gasteiger partial charge >= 0.3 is 0 Å². The first-order chi connectivity index (χ1) is 16.0. The van der Waals surface area contributed by atoms with E-state index < -0.39 is 26.9 Å². The summed E-state index contributed by atoms with van der Waals surface area (Å²) in [6.07, 6.45) is 0.0255. The fourth-order valence-electron chi connectivity index (χ4n) is 3.31. The van der Waals surface area contributed by atoms with E-state index in [4.69, 9.17) is 23.2 Å². The second-order valence-electron chi connectivity index (χ2n) is 7.53. The van der Waals surface area contributed by atoms with E-state index in [9.17, 15) is 23.1 Å². The summed E-state index contributed by atoms with van der Waals surface area (Å²) in [6.45, 7) is 3.35. The molecule has 7 nitrogen and oxygen atoms in total. The van der Waals surface area contributed by atoms with E-state index in [1.807, 2.05) is 0 Å². The highest BCUT2D eigenvalue weighted by molar-refractivity contribution is 7.92. The molecule has 0 aliphatic heterocycles. The van der Waals surface area contributed by atoms with Crippen molar-refractivity contribution < 1.29 is 23.1 Å². The molecule has 2 amide bonds. The number of rotatable bonds is 7. The van der Waals surface area contributed by atoms with E-state index in [0.717, 1.165) is 11.6 Å². The average Bonchev–Trinajstić information content (AvgIpc) is 2.77. The van der Waals surface area contributed by atoms with Crippen LogP contribution in [0.25, 0.3) is 0 Å². The molecule has 10 heteroatoms. The smallest absolute Gasteiger partial charge is 0.257 e. The molecule has 0 aliphatic rings. The molecule has 1 atom stereocenters. The van der Waals surface area contributed by atoms with Crippen LogP contribution in [0, 0.1) is 6.92 Å². The van der Waals surface area contributed by atoms with Crippen LogP contribution >= 0.6 is 23.2 Å². The summed E-state index contributed by atoms with van der Waals surface area (Å²) in [5.74, 6) is -1.74. The van der Waals surface area contributed by atoms with Gasteiger partial charge in [0.1, 0.15) is 11.0 Å². The Morgan fingerprint density at radius 1 is 0.941 bits per heavy atom. The van der Waals surface area contributed by atoms with Gasteiger partial charge in [0.15, 0.2) is 9.84 Å². The molecule has 3 rings (SSSR count). The summed E-state index contributed by atoms with van der Waals surface area (Å²) < 4.78 is 26.1. The Hall–Kier alpha value is -3.07. The molecule has 3 aromatic carbocycles. The highest BCUT2D eigenvalue weighted by Gasteiger charge is 2.33. The SMILES string of the molecule is CCC(C(=O)Nc1cc(O)c(NC(=O)c2ccccc2Cl)cc1Cl)S(=O)(=O)c1cccc(C)c1. The van der Waals surface area contributed by atoms with E-state index in [1.54, 1.807) is 44.2 Å². The summed E-state index contributed by atoms with van der Waals surface area (Å²) >= 11 is 12.3. The molecular weight excluding hydrogens is 499 g/mol. The number of phenols is 1. The Kier molecular flexibility index (Phi) is 7.86. The van der Waals surface area contributed by atoms with Gasteiger partial charge in [-0.3, -0.25) is 9.59 Å². The number of amides is 2. The number of aryl methyl sites for hydroxylation is 1. The van der Waals surface area contributed by atoms with Crippen LogP contribution in [-0.4, -0.2) is 30.6 Å². The van der Waals surface area contributed by atoms with Crippen molar-refractivity contribution in [3.8, 4) is 5.75 Å². The van der Waals surface area contributed by atoms with Gasteiger partial charge in [0, 0.05) is 6.07 Å². The van der Waals surface area contributed by atoms with Crippen molar-refractivity contribution in [3.05, 3.63) is 81.8 Å². The first kappa shape index (κ1) is 25.6. The minimum Gasteiger partial charge on any atom is -0.506 e. The fourth-order valence-corrected chi connectivity index (χ4v) is 5.47. The number of hydrogen-bond acceptors (Lipinski definition) is 5. The molecule has 0 radical (unpaired) electrons. The van der Waals surface area contributed by atoms with Crippen molar-refractivity contribution in [1.29, 1.82) is 0 Å². The lowest BCUT2D eigenvalue weighted by Crippen LogP contribution is -2.34. The summed E-state index contributed by atoms with van der Waals surface area (Å²) in [7, 11) is -3.96. The number of carbonyl (C=O) groups excluding carboxylic acids is 2. The third-order valence-corrected chi connectivity index (χ3v) is 7.92. The molecule has 3 aromatic rings. The summed E-state index contributed by atoms with van der Waals surface area (Å²) in [5, 5.41) is 14.2. The number of aromatic hydroxyl groups is 1. The summed E-state index contributed by atoms with van der Waals surface area (Å²) in [5.41, 5.74) is 0.938. The maximum Gasteiger partial charge on any atom is 0.257 e. The van der Waals surface area contributed by atoms with Gasteiger partial charge in [-0.05, 0) is 49.2 Å². The van der Waals surface area contributed by atoms with Crippen LogP contribution in [0.3, 0.4) is 0 Å². The average molecular weight is 521 g/mol. The van der Waals surface area contributed by atoms with Crippen LogP contribution < -0.4 is 10.6 Å². The molecule has 0 saturated heterocycles. The zero-order valence-corrected chi connectivity index (χ0v) is 20.6. The Labute approximate surface area is 207 Å². The van der Waals surface area contributed by atoms with Crippen molar-refractivity contribution in [1.82, 2.24) is 0 Å². The van der Waals surface area contributed by atoms with Crippen molar-refractivity contribution >= 4 is 56.2 Å². The van der Waals surface area contributed by atoms with E-state index in [0.29, 0.717) is 0 Å². The predicted molar refractivity (Wildman–Crippen MR) is 134 cm³/mol. The Bertz CT molecular complexity index is 1360. The van der Waals surface area contributed by atoms with E-state index in [-0.39, 0.29) is 44.0 Å². The standard InChI is InChI=1S/C24H22Cl2N2O5S/c1-3-22(34(32,33)15-8-6-7-14(2)11-15)24(31)27-19-13-21(29)20(12-18(19)26)28-23(30)16-9-4-5-10-17(16)25/h4-13,22,29H,3H2,1-2H3,(H,27,31)(H,28,30). The van der Waals surface area contributed by atoms with Gasteiger partial charge in [-0.25, -0.2) is 8.42 Å². The topological polar surface area (TPSA) is 113 Å². The lowest BCUT2D eigenvalue weighted by molar-refractivity contribution is -0.115. The molecule has 34 heavy (non-hydrogen) atoms. The number of hydrogen-bond donors (Lipinski definition) is 3. The van der Waals surface area contributed by atoms with Gasteiger partial charge in [0.25, 0.3) is 5.91 Å². The highest BCUT2D eigenvalue weighted by atomic mass is 35.5. The van der Waals surface area contributed by atoms with Crippen LogP contribution in [0.5, 0.6) is 5.75 Å². The number of benzene rings is 3. The molecule has 3 N–H and O–H groups in total. The number of carbonyl (C=O) groups is 2. The van der Waals surface area contributed by atoms with Crippen LogP contribution in [0.15, 0.2) is 65.6 Å². The molecule has 0 aromatic heterocycles. The van der Waals surface area contributed by atoms with Crippen LogP contribution in [0.1, 0.15) is 29.3 Å². The molecule has 0 spiro atoms. The maximum absolute atomic E-state index is 13.0. The van der Waals surface area contributed by atoms with Crippen LogP contribution in [-0.2, 0) is 14.6 Å². The Morgan fingerprint density at radius 3 is 2.29 bits per heavy atom. The lowest BCUT2D eigenvalue weighted by atomic mass is 10.2. The molecule has 0 aliphatic carbocycles. The molecular formula is C24H22Cl2N2O5S. The van der Waals surface area contributed by atoms with Gasteiger partial charge in [0.2, 0.25) is 5.91 Å². The summed E-state index contributed by atoms with van der Waals surface area (Å²) in [4.78, 5) is 25.4. The minimum absolute atomic E-state index is 0.00204. The molecule has 178 valence electrons. The monoisotopic (exact) mass is 520 g/mol. The first-order valence-electron chi connectivity index (χ1n) is 10.2. The van der Waals surface area contributed by atoms with Crippen molar-refractivity contribution in [3.63, 3.8) is 0 Å². The lowest BCUT2D eigenvalue weighted by Gasteiger charge is -2.18. The highest BCUT2D eigenvalue weighted by Crippen LogP contribution is 2.35. The number of halogens is 2. The van der Waals surface area contributed by atoms with Gasteiger partial charge < -0.3 is 15.7 Å². The third-order valence-electron chi connectivity index (χ3n) is 5.07. The summed E-state index contributed by atoms with van der Waals surface area (Å²) in [6, 6.07) is 15.1. The molecule has 0 fully saturated rings. The Morgan fingerprint density at radius 2 is 1.65 bits per heavy atom. The molecule has 0 saturated carbocycles. The maximum atomic E-state index is 13.0. The molecule has 0 bridgehead atoms. The number of sulfone groups is 1. The van der Waals surface area contributed by atoms with Gasteiger partial charge in [-0.2, -0.15) is 0 Å².